The number of rotatable bonds is 1. The Balaban J connectivity index is 1.73. The molecule has 5 rings (SSSR count). The minimum Gasteiger partial charge on any atom is -0.299 e. The monoisotopic (exact) mass is 220 g/mol. The Bertz CT molecular complexity index is 321. The second-order valence-corrected chi connectivity index (χ2v) is 6.36. The molecule has 5 fully saturated rings. The van der Waals surface area contributed by atoms with Gasteiger partial charge >= 0.3 is 0 Å². The van der Waals surface area contributed by atoms with E-state index in [1.54, 1.807) is 0 Å². The fourth-order valence-corrected chi connectivity index (χ4v) is 4.82. The van der Waals surface area contributed by atoms with Crippen LogP contribution in [0.2, 0.25) is 0 Å². The SMILES string of the molecule is O=C1C2CN3CN(C2)CC1(C1CCCC1)C3. The Kier molecular flexibility index (Phi) is 1.85. The Morgan fingerprint density at radius 3 is 2.31 bits per heavy atom. The minimum absolute atomic E-state index is 0.0515. The van der Waals surface area contributed by atoms with E-state index < -0.39 is 0 Å². The van der Waals surface area contributed by atoms with E-state index in [0.29, 0.717) is 17.6 Å². The molecule has 0 amide bonds. The van der Waals surface area contributed by atoms with E-state index in [1.807, 2.05) is 0 Å². The maximum Gasteiger partial charge on any atom is 0.147 e. The topological polar surface area (TPSA) is 23.6 Å². The van der Waals surface area contributed by atoms with E-state index >= 15 is 0 Å². The van der Waals surface area contributed by atoms with E-state index in [4.69, 9.17) is 0 Å². The van der Waals surface area contributed by atoms with Crippen molar-refractivity contribution in [1.82, 2.24) is 9.80 Å². The van der Waals surface area contributed by atoms with Crippen molar-refractivity contribution < 1.29 is 4.79 Å². The summed E-state index contributed by atoms with van der Waals surface area (Å²) < 4.78 is 0. The van der Waals surface area contributed by atoms with Crippen LogP contribution >= 0.6 is 0 Å². The predicted octanol–water partition coefficient (Wildman–Crippen LogP) is 0.951. The van der Waals surface area contributed by atoms with E-state index in [2.05, 4.69) is 9.80 Å². The molecule has 4 heterocycles. The first-order valence-electron chi connectivity index (χ1n) is 6.77. The molecule has 1 aliphatic carbocycles. The highest BCUT2D eigenvalue weighted by Gasteiger charge is 2.58. The van der Waals surface area contributed by atoms with Gasteiger partial charge in [0.15, 0.2) is 0 Å². The fourth-order valence-electron chi connectivity index (χ4n) is 4.82. The van der Waals surface area contributed by atoms with Crippen LogP contribution < -0.4 is 0 Å². The summed E-state index contributed by atoms with van der Waals surface area (Å²) in [6.07, 6.45) is 5.31. The highest BCUT2D eigenvalue weighted by molar-refractivity contribution is 5.90. The molecule has 2 unspecified atom stereocenters. The first-order chi connectivity index (χ1) is 7.78. The van der Waals surface area contributed by atoms with Crippen LogP contribution in [0.3, 0.4) is 0 Å². The highest BCUT2D eigenvalue weighted by atomic mass is 16.1. The number of nitrogens with zero attached hydrogens (tertiary/aromatic N) is 2. The largest absolute Gasteiger partial charge is 0.299 e. The Labute approximate surface area is 96.8 Å². The zero-order valence-electron chi connectivity index (χ0n) is 9.82. The second kappa shape index (κ2) is 3.08. The quantitative estimate of drug-likeness (QED) is 0.657. The molecule has 0 N–H and O–H groups in total. The molecule has 3 heteroatoms. The average Bonchev–Trinajstić information content (AvgIpc) is 2.78. The summed E-state index contributed by atoms with van der Waals surface area (Å²) in [7, 11) is 0. The number of hydrogen-bond acceptors (Lipinski definition) is 3. The normalized spacial score (nSPS) is 51.5. The molecule has 4 aliphatic heterocycles. The third kappa shape index (κ3) is 1.08. The van der Waals surface area contributed by atoms with E-state index in [9.17, 15) is 4.79 Å². The number of carbonyl (C=O) groups excluding carboxylic acids is 1. The number of Topliss-reactive ketones (excluding diaryl/α,β-unsaturated/α-hetero) is 1. The van der Waals surface area contributed by atoms with Crippen molar-refractivity contribution in [3.05, 3.63) is 0 Å². The fraction of sp³-hybridized carbons (Fsp3) is 0.923. The number of piperidine rings is 2. The van der Waals surface area contributed by atoms with Crippen LogP contribution in [0.4, 0.5) is 0 Å². The average molecular weight is 220 g/mol. The molecule has 4 bridgehead atoms. The molecule has 0 radical (unpaired) electrons. The molecule has 0 spiro atoms. The van der Waals surface area contributed by atoms with Crippen LogP contribution in [0.15, 0.2) is 0 Å². The third-order valence-electron chi connectivity index (χ3n) is 5.37. The molecule has 1 saturated carbocycles. The zero-order valence-corrected chi connectivity index (χ0v) is 9.82. The Morgan fingerprint density at radius 1 is 1.06 bits per heavy atom. The van der Waals surface area contributed by atoms with Gasteiger partial charge in [0.1, 0.15) is 5.78 Å². The van der Waals surface area contributed by atoms with Gasteiger partial charge < -0.3 is 0 Å². The summed E-state index contributed by atoms with van der Waals surface area (Å²) in [5.41, 5.74) is 0.0515. The number of carbonyl (C=O) groups is 1. The van der Waals surface area contributed by atoms with E-state index in [0.717, 1.165) is 32.8 Å². The smallest absolute Gasteiger partial charge is 0.147 e. The number of hydrogen-bond donors (Lipinski definition) is 0. The maximum absolute atomic E-state index is 12.6. The van der Waals surface area contributed by atoms with Gasteiger partial charge in [-0.1, -0.05) is 12.8 Å². The molecule has 88 valence electrons. The lowest BCUT2D eigenvalue weighted by Crippen LogP contribution is -2.73. The van der Waals surface area contributed by atoms with Gasteiger partial charge in [-0.2, -0.15) is 0 Å². The predicted molar refractivity (Wildman–Crippen MR) is 60.9 cm³/mol. The summed E-state index contributed by atoms with van der Waals surface area (Å²) in [5, 5.41) is 0. The van der Waals surface area contributed by atoms with Gasteiger partial charge in [0.25, 0.3) is 0 Å². The molecule has 0 aromatic carbocycles. The van der Waals surface area contributed by atoms with Crippen LogP contribution in [0, 0.1) is 17.3 Å². The first-order valence-corrected chi connectivity index (χ1v) is 6.77. The summed E-state index contributed by atoms with van der Waals surface area (Å²) >= 11 is 0. The molecule has 0 aromatic rings. The Hall–Kier alpha value is -0.410. The van der Waals surface area contributed by atoms with Crippen molar-refractivity contribution in [2.75, 3.05) is 32.8 Å². The molecule has 5 aliphatic rings. The summed E-state index contributed by atoms with van der Waals surface area (Å²) in [4.78, 5) is 17.7. The molecule has 3 nitrogen and oxygen atoms in total. The molecule has 0 aromatic heterocycles. The van der Waals surface area contributed by atoms with Crippen LogP contribution in [-0.2, 0) is 4.79 Å². The standard InChI is InChI=1S/C13H20N2O/c16-12-10-5-14-7-13(12,8-15(6-10)9-14)11-3-1-2-4-11/h10-11H,1-9H2. The van der Waals surface area contributed by atoms with Crippen molar-refractivity contribution in [3.8, 4) is 0 Å². The minimum atomic E-state index is 0.0515. The van der Waals surface area contributed by atoms with Gasteiger partial charge in [-0.3, -0.25) is 14.6 Å². The van der Waals surface area contributed by atoms with Crippen LogP contribution in [-0.4, -0.2) is 48.4 Å². The first kappa shape index (κ1) is 9.60. The van der Waals surface area contributed by atoms with Gasteiger partial charge in [0.2, 0.25) is 0 Å². The Morgan fingerprint density at radius 2 is 1.69 bits per heavy atom. The van der Waals surface area contributed by atoms with Gasteiger partial charge in [0, 0.05) is 32.1 Å². The van der Waals surface area contributed by atoms with Crippen molar-refractivity contribution >= 4 is 5.78 Å². The van der Waals surface area contributed by atoms with Gasteiger partial charge in [0.05, 0.1) is 12.1 Å². The lowest BCUT2D eigenvalue weighted by molar-refractivity contribution is -0.173. The van der Waals surface area contributed by atoms with Gasteiger partial charge in [-0.15, -0.1) is 0 Å². The molecule has 2 atom stereocenters. The van der Waals surface area contributed by atoms with Gasteiger partial charge in [-0.05, 0) is 18.8 Å². The highest BCUT2D eigenvalue weighted by Crippen LogP contribution is 2.49. The van der Waals surface area contributed by atoms with Crippen molar-refractivity contribution in [2.45, 2.75) is 25.7 Å². The molecule has 16 heavy (non-hydrogen) atoms. The third-order valence-corrected chi connectivity index (χ3v) is 5.37. The molecular formula is C13H20N2O. The van der Waals surface area contributed by atoms with E-state index in [1.165, 1.54) is 25.7 Å². The number of ketones is 1. The van der Waals surface area contributed by atoms with Crippen LogP contribution in [0.25, 0.3) is 0 Å². The van der Waals surface area contributed by atoms with Crippen molar-refractivity contribution in [2.24, 2.45) is 17.3 Å². The molecular weight excluding hydrogens is 200 g/mol. The lowest BCUT2D eigenvalue weighted by atomic mass is 9.62. The summed E-state index contributed by atoms with van der Waals surface area (Å²) in [6, 6.07) is 0. The zero-order chi connectivity index (χ0) is 10.8. The lowest BCUT2D eigenvalue weighted by Gasteiger charge is -2.60. The van der Waals surface area contributed by atoms with Gasteiger partial charge in [-0.25, -0.2) is 0 Å². The van der Waals surface area contributed by atoms with E-state index in [-0.39, 0.29) is 5.41 Å². The summed E-state index contributed by atoms with van der Waals surface area (Å²) in [6.45, 7) is 5.36. The second-order valence-electron chi connectivity index (χ2n) is 6.36. The van der Waals surface area contributed by atoms with Crippen LogP contribution in [0.1, 0.15) is 25.7 Å². The van der Waals surface area contributed by atoms with Crippen molar-refractivity contribution in [1.29, 1.82) is 0 Å². The van der Waals surface area contributed by atoms with Crippen LogP contribution in [0.5, 0.6) is 0 Å². The summed E-state index contributed by atoms with van der Waals surface area (Å²) in [5.74, 6) is 1.68. The van der Waals surface area contributed by atoms with Crippen molar-refractivity contribution in [3.63, 3.8) is 0 Å². The maximum atomic E-state index is 12.6. The molecule has 4 saturated heterocycles.